The van der Waals surface area contributed by atoms with E-state index in [1.54, 1.807) is 17.3 Å². The molecule has 6 heteroatoms. The van der Waals surface area contributed by atoms with Crippen LogP contribution in [0, 0.1) is 0 Å². The van der Waals surface area contributed by atoms with Gasteiger partial charge in [-0.15, -0.1) is 0 Å². The highest BCUT2D eigenvalue weighted by Crippen LogP contribution is 2.29. The van der Waals surface area contributed by atoms with E-state index in [1.807, 2.05) is 25.5 Å². The van der Waals surface area contributed by atoms with Gasteiger partial charge in [0.2, 0.25) is 0 Å². The van der Waals surface area contributed by atoms with Crippen LogP contribution in [0.4, 0.5) is 4.79 Å². The molecule has 1 amide bonds. The Bertz CT molecular complexity index is 523. The van der Waals surface area contributed by atoms with Crippen LogP contribution in [0.15, 0.2) is 12.4 Å². The average Bonchev–Trinajstić information content (AvgIpc) is 2.87. The summed E-state index contributed by atoms with van der Waals surface area (Å²) in [5.74, 6) is 0. The van der Waals surface area contributed by atoms with Crippen LogP contribution in [0.25, 0.3) is 0 Å². The zero-order valence-electron chi connectivity index (χ0n) is 13.1. The zero-order valence-corrected chi connectivity index (χ0v) is 13.1. The summed E-state index contributed by atoms with van der Waals surface area (Å²) in [6, 6.07) is 0. The summed E-state index contributed by atoms with van der Waals surface area (Å²) >= 11 is 0. The third-order valence-corrected chi connectivity index (χ3v) is 3.78. The van der Waals surface area contributed by atoms with Gasteiger partial charge in [-0.3, -0.25) is 9.48 Å². The predicted molar refractivity (Wildman–Crippen MR) is 78.3 cm³/mol. The van der Waals surface area contributed by atoms with Gasteiger partial charge in [-0.05, 0) is 40.5 Å². The van der Waals surface area contributed by atoms with Gasteiger partial charge in [-0.25, -0.2) is 4.79 Å². The van der Waals surface area contributed by atoms with Crippen molar-refractivity contribution < 1.29 is 14.3 Å². The molecule has 0 saturated carbocycles. The highest BCUT2D eigenvalue weighted by atomic mass is 16.6. The third-order valence-electron chi connectivity index (χ3n) is 3.78. The van der Waals surface area contributed by atoms with E-state index in [9.17, 15) is 9.59 Å². The summed E-state index contributed by atoms with van der Waals surface area (Å²) in [6.07, 6.45) is 5.43. The molecule has 1 saturated heterocycles. The average molecular weight is 293 g/mol. The predicted octanol–water partition coefficient (Wildman–Crippen LogP) is 2.44. The molecule has 0 aromatic carbocycles. The molecule has 1 aromatic rings. The number of nitrogens with zero attached hydrogens (tertiary/aromatic N) is 3. The van der Waals surface area contributed by atoms with Crippen LogP contribution in [0.2, 0.25) is 0 Å². The first kappa shape index (κ1) is 15.5. The van der Waals surface area contributed by atoms with Crippen molar-refractivity contribution in [3.8, 4) is 0 Å². The Labute approximate surface area is 125 Å². The largest absolute Gasteiger partial charge is 0.444 e. The SMILES string of the molecule is CC(C)(C)OC(=O)N1CCC(C)(n2cc(C=O)cn2)CC1. The number of rotatable bonds is 2. The summed E-state index contributed by atoms with van der Waals surface area (Å²) in [4.78, 5) is 24.5. The molecule has 0 atom stereocenters. The normalized spacial score (nSPS) is 18.4. The molecule has 0 unspecified atom stereocenters. The van der Waals surface area contributed by atoms with Gasteiger partial charge in [0, 0.05) is 19.3 Å². The maximum atomic E-state index is 12.0. The number of aromatic nitrogens is 2. The number of aldehydes is 1. The Kier molecular flexibility index (Phi) is 4.07. The van der Waals surface area contributed by atoms with E-state index in [1.165, 1.54) is 0 Å². The molecule has 0 radical (unpaired) electrons. The molecule has 1 fully saturated rings. The van der Waals surface area contributed by atoms with Crippen molar-refractivity contribution in [3.63, 3.8) is 0 Å². The maximum absolute atomic E-state index is 12.0. The highest BCUT2D eigenvalue weighted by molar-refractivity contribution is 5.73. The van der Waals surface area contributed by atoms with Gasteiger partial charge in [-0.1, -0.05) is 0 Å². The van der Waals surface area contributed by atoms with Crippen LogP contribution in [0.1, 0.15) is 50.9 Å². The van der Waals surface area contributed by atoms with Gasteiger partial charge >= 0.3 is 6.09 Å². The molecule has 0 bridgehead atoms. The van der Waals surface area contributed by atoms with E-state index >= 15 is 0 Å². The molecule has 2 heterocycles. The number of likely N-dealkylation sites (tertiary alicyclic amines) is 1. The summed E-state index contributed by atoms with van der Waals surface area (Å²) < 4.78 is 7.23. The Morgan fingerprint density at radius 3 is 2.48 bits per heavy atom. The molecule has 1 aliphatic heterocycles. The molecule has 2 rings (SSSR count). The van der Waals surface area contributed by atoms with E-state index in [4.69, 9.17) is 4.74 Å². The number of carbonyl (C=O) groups excluding carboxylic acids is 2. The first-order valence-corrected chi connectivity index (χ1v) is 7.22. The molecule has 1 aromatic heterocycles. The summed E-state index contributed by atoms with van der Waals surface area (Å²) in [6.45, 7) is 8.95. The zero-order chi connectivity index (χ0) is 15.7. The molecular weight excluding hydrogens is 270 g/mol. The lowest BCUT2D eigenvalue weighted by molar-refractivity contribution is 0.0120. The number of carbonyl (C=O) groups is 2. The standard InChI is InChI=1S/C15H23N3O3/c1-14(2,3)21-13(20)17-7-5-15(4,6-8-17)18-10-12(11-19)9-16-18/h9-11H,5-8H2,1-4H3. The molecule has 0 aliphatic carbocycles. The lowest BCUT2D eigenvalue weighted by atomic mass is 9.90. The number of amides is 1. The number of hydrogen-bond acceptors (Lipinski definition) is 4. The topological polar surface area (TPSA) is 64.4 Å². The van der Waals surface area contributed by atoms with Crippen molar-refractivity contribution in [1.29, 1.82) is 0 Å². The van der Waals surface area contributed by atoms with E-state index < -0.39 is 5.60 Å². The van der Waals surface area contributed by atoms with Gasteiger partial charge in [-0.2, -0.15) is 5.10 Å². The second-order valence-electron chi connectivity index (χ2n) is 6.80. The van der Waals surface area contributed by atoms with Crippen LogP contribution in [0.5, 0.6) is 0 Å². The number of ether oxygens (including phenoxy) is 1. The van der Waals surface area contributed by atoms with E-state index in [-0.39, 0.29) is 11.6 Å². The first-order chi connectivity index (χ1) is 9.73. The molecule has 1 aliphatic rings. The van der Waals surface area contributed by atoms with Crippen LogP contribution in [-0.2, 0) is 10.3 Å². The summed E-state index contributed by atoms with van der Waals surface area (Å²) in [5.41, 5.74) is -0.0656. The Morgan fingerprint density at radius 1 is 1.38 bits per heavy atom. The van der Waals surface area contributed by atoms with Crippen molar-refractivity contribution in [2.24, 2.45) is 0 Å². The lowest BCUT2D eigenvalue weighted by Crippen LogP contribution is -2.48. The Balaban J connectivity index is 1.99. The van der Waals surface area contributed by atoms with Crippen molar-refractivity contribution in [2.75, 3.05) is 13.1 Å². The van der Waals surface area contributed by atoms with E-state index in [2.05, 4.69) is 12.0 Å². The minimum absolute atomic E-state index is 0.167. The smallest absolute Gasteiger partial charge is 0.410 e. The van der Waals surface area contributed by atoms with Crippen molar-refractivity contribution in [3.05, 3.63) is 18.0 Å². The maximum Gasteiger partial charge on any atom is 0.410 e. The highest BCUT2D eigenvalue weighted by Gasteiger charge is 2.35. The quantitative estimate of drug-likeness (QED) is 0.786. The fourth-order valence-electron chi connectivity index (χ4n) is 2.42. The fraction of sp³-hybridized carbons (Fsp3) is 0.667. The van der Waals surface area contributed by atoms with Crippen molar-refractivity contribution >= 4 is 12.4 Å². The van der Waals surface area contributed by atoms with Gasteiger partial charge in [0.1, 0.15) is 5.60 Å². The summed E-state index contributed by atoms with van der Waals surface area (Å²) in [7, 11) is 0. The molecule has 0 spiro atoms. The number of piperidine rings is 1. The van der Waals surface area contributed by atoms with Gasteiger partial charge in [0.25, 0.3) is 0 Å². The molecule has 116 valence electrons. The minimum Gasteiger partial charge on any atom is -0.444 e. The van der Waals surface area contributed by atoms with E-state index in [0.717, 1.165) is 19.1 Å². The molecule has 0 N–H and O–H groups in total. The van der Waals surface area contributed by atoms with Crippen LogP contribution in [0.3, 0.4) is 0 Å². The lowest BCUT2D eigenvalue weighted by Gasteiger charge is -2.39. The van der Waals surface area contributed by atoms with Crippen LogP contribution < -0.4 is 0 Å². The van der Waals surface area contributed by atoms with Crippen molar-refractivity contribution in [2.45, 2.75) is 51.7 Å². The summed E-state index contributed by atoms with van der Waals surface area (Å²) in [5, 5.41) is 4.26. The molecule has 6 nitrogen and oxygen atoms in total. The Hall–Kier alpha value is -1.85. The first-order valence-electron chi connectivity index (χ1n) is 7.22. The number of hydrogen-bond donors (Lipinski definition) is 0. The van der Waals surface area contributed by atoms with Crippen LogP contribution in [-0.4, -0.2) is 45.8 Å². The monoisotopic (exact) mass is 293 g/mol. The van der Waals surface area contributed by atoms with E-state index in [0.29, 0.717) is 18.7 Å². The van der Waals surface area contributed by atoms with Crippen molar-refractivity contribution in [1.82, 2.24) is 14.7 Å². The van der Waals surface area contributed by atoms with Gasteiger partial charge < -0.3 is 9.64 Å². The molecule has 21 heavy (non-hydrogen) atoms. The molecular formula is C15H23N3O3. The second-order valence-corrected chi connectivity index (χ2v) is 6.80. The minimum atomic E-state index is -0.474. The second kappa shape index (κ2) is 5.50. The third kappa shape index (κ3) is 3.62. The van der Waals surface area contributed by atoms with Gasteiger partial charge in [0.15, 0.2) is 6.29 Å². The fourth-order valence-corrected chi connectivity index (χ4v) is 2.42. The Morgan fingerprint density at radius 2 is 2.00 bits per heavy atom. The van der Waals surface area contributed by atoms with Crippen LogP contribution >= 0.6 is 0 Å². The van der Waals surface area contributed by atoms with Gasteiger partial charge in [0.05, 0.1) is 17.3 Å².